The minimum absolute atomic E-state index is 0.00876. The summed E-state index contributed by atoms with van der Waals surface area (Å²) in [5, 5.41) is 32.2. The van der Waals surface area contributed by atoms with Crippen molar-refractivity contribution < 1.29 is 9.90 Å². The summed E-state index contributed by atoms with van der Waals surface area (Å²) in [5.41, 5.74) is 2.59. The lowest BCUT2D eigenvalue weighted by Gasteiger charge is -2.28. The third kappa shape index (κ3) is 4.05. The van der Waals surface area contributed by atoms with Crippen LogP contribution in [0.3, 0.4) is 0 Å². The largest absolute Gasteiger partial charge is 0.388 e. The Morgan fingerprint density at radius 1 is 1.36 bits per heavy atom. The summed E-state index contributed by atoms with van der Waals surface area (Å²) in [6, 6.07) is 3.64. The Balaban J connectivity index is 1.36. The molecule has 1 fully saturated rings. The summed E-state index contributed by atoms with van der Waals surface area (Å²) in [6.07, 6.45) is 8.87. The number of rotatable bonds is 6. The Labute approximate surface area is 189 Å². The van der Waals surface area contributed by atoms with Crippen LogP contribution in [0.25, 0.3) is 11.2 Å². The fourth-order valence-corrected chi connectivity index (χ4v) is 3.49. The van der Waals surface area contributed by atoms with E-state index in [1.165, 1.54) is 0 Å². The van der Waals surface area contributed by atoms with Crippen molar-refractivity contribution in [3.8, 4) is 0 Å². The third-order valence-electron chi connectivity index (χ3n) is 5.63. The van der Waals surface area contributed by atoms with Crippen LogP contribution in [0, 0.1) is 11.3 Å². The molecule has 1 atom stereocenters. The van der Waals surface area contributed by atoms with Gasteiger partial charge in [-0.05, 0) is 44.1 Å². The van der Waals surface area contributed by atoms with Crippen LogP contribution in [0.4, 0.5) is 5.82 Å². The molecule has 3 aromatic rings. The number of H-pyrrole nitrogens is 1. The molecule has 1 aliphatic carbocycles. The van der Waals surface area contributed by atoms with Gasteiger partial charge in [-0.3, -0.25) is 15.3 Å². The molecule has 0 radical (unpaired) electrons. The number of carbonyl (C=O) groups is 1. The second kappa shape index (κ2) is 8.10. The van der Waals surface area contributed by atoms with Gasteiger partial charge in [0.25, 0.3) is 0 Å². The average molecular weight is 445 g/mol. The summed E-state index contributed by atoms with van der Waals surface area (Å²) >= 11 is 0. The molecule has 1 amide bonds. The number of anilines is 1. The summed E-state index contributed by atoms with van der Waals surface area (Å²) in [7, 11) is 0. The molecule has 33 heavy (non-hydrogen) atoms. The van der Waals surface area contributed by atoms with E-state index in [4.69, 9.17) is 5.41 Å². The number of aromatic nitrogens is 6. The molecule has 4 N–H and O–H groups in total. The van der Waals surface area contributed by atoms with Crippen LogP contribution in [0.15, 0.2) is 49.0 Å². The minimum Gasteiger partial charge on any atom is -0.388 e. The molecule has 11 nitrogen and oxygen atoms in total. The molecule has 11 heteroatoms. The number of allylic oxidation sites excluding steroid dienone is 3. The lowest BCUT2D eigenvalue weighted by Crippen LogP contribution is -2.30. The zero-order valence-electron chi connectivity index (χ0n) is 18.0. The highest BCUT2D eigenvalue weighted by Crippen LogP contribution is 2.30. The number of nitrogens with zero attached hydrogens (tertiary/aromatic N) is 6. The standard InChI is InChI=1S/C22H23N9O2/c1-12-3-4-15(21-25-18(11-32)27-28-21)9-30(12)20(23)13(2)16-7-8-19-24-17(10-31(19)29-16)26-22(33)14-5-6-14/h3-4,7-10,13-14,23,32H,1,5-6,11H2,2H3,(H,26,33)(H,25,27,28). The van der Waals surface area contributed by atoms with Gasteiger partial charge < -0.3 is 15.3 Å². The zero-order chi connectivity index (χ0) is 23.1. The van der Waals surface area contributed by atoms with Crippen molar-refractivity contribution in [1.29, 1.82) is 5.41 Å². The van der Waals surface area contributed by atoms with E-state index in [1.54, 1.807) is 27.9 Å². The number of imidazole rings is 1. The molecule has 1 saturated carbocycles. The Bertz CT molecular complexity index is 1330. The molecule has 0 spiro atoms. The number of amides is 1. The Kier molecular flexibility index (Phi) is 5.09. The quantitative estimate of drug-likeness (QED) is 0.336. The Morgan fingerprint density at radius 2 is 2.18 bits per heavy atom. The maximum absolute atomic E-state index is 12.0. The van der Waals surface area contributed by atoms with Crippen LogP contribution in [0.1, 0.15) is 43.0 Å². The molecule has 0 aromatic carbocycles. The van der Waals surface area contributed by atoms with Gasteiger partial charge in [0.2, 0.25) is 5.91 Å². The van der Waals surface area contributed by atoms with E-state index >= 15 is 0 Å². The number of hydrogen-bond acceptors (Lipinski definition) is 7. The molecule has 5 rings (SSSR count). The van der Waals surface area contributed by atoms with E-state index < -0.39 is 0 Å². The van der Waals surface area contributed by atoms with E-state index in [2.05, 4.69) is 37.2 Å². The van der Waals surface area contributed by atoms with Crippen molar-refractivity contribution in [3.05, 3.63) is 66.3 Å². The van der Waals surface area contributed by atoms with Crippen molar-refractivity contribution in [2.75, 3.05) is 5.32 Å². The first-order valence-electron chi connectivity index (χ1n) is 10.6. The van der Waals surface area contributed by atoms with E-state index in [0.717, 1.165) is 12.8 Å². The number of carbonyl (C=O) groups excluding carboxylic acids is 1. The summed E-state index contributed by atoms with van der Waals surface area (Å²) in [6.45, 7) is 5.68. The van der Waals surface area contributed by atoms with E-state index in [-0.39, 0.29) is 30.2 Å². The van der Waals surface area contributed by atoms with Crippen LogP contribution in [0.2, 0.25) is 0 Å². The summed E-state index contributed by atoms with van der Waals surface area (Å²) in [4.78, 5) is 22.3. The number of fused-ring (bicyclic) bond motifs is 1. The molecule has 2 aliphatic rings. The summed E-state index contributed by atoms with van der Waals surface area (Å²) in [5.74, 6) is 1.25. The highest BCUT2D eigenvalue weighted by Gasteiger charge is 2.30. The van der Waals surface area contributed by atoms with Crippen molar-refractivity contribution in [1.82, 2.24) is 34.7 Å². The highest BCUT2D eigenvalue weighted by atomic mass is 16.3. The fourth-order valence-electron chi connectivity index (χ4n) is 3.49. The molecule has 1 unspecified atom stereocenters. The number of aromatic amines is 1. The predicted molar refractivity (Wildman–Crippen MR) is 121 cm³/mol. The average Bonchev–Trinajstić information content (AvgIpc) is 3.43. The first-order chi connectivity index (χ1) is 15.9. The Hall–Kier alpha value is -4.12. The molecule has 168 valence electrons. The second-order valence-corrected chi connectivity index (χ2v) is 8.10. The van der Waals surface area contributed by atoms with Crippen molar-refractivity contribution >= 4 is 28.8 Å². The van der Waals surface area contributed by atoms with E-state index in [9.17, 15) is 9.90 Å². The monoisotopic (exact) mass is 445 g/mol. The number of aliphatic hydroxyl groups excluding tert-OH is 1. The first-order valence-corrected chi connectivity index (χ1v) is 10.6. The maximum Gasteiger partial charge on any atom is 0.228 e. The molecule has 1 aliphatic heterocycles. The van der Waals surface area contributed by atoms with Gasteiger partial charge in [-0.2, -0.15) is 10.2 Å². The van der Waals surface area contributed by atoms with Gasteiger partial charge in [-0.25, -0.2) is 14.5 Å². The second-order valence-electron chi connectivity index (χ2n) is 8.10. The molecular formula is C22H23N9O2. The first kappa shape index (κ1) is 20.8. The lowest BCUT2D eigenvalue weighted by molar-refractivity contribution is -0.117. The maximum atomic E-state index is 12.0. The van der Waals surface area contributed by atoms with Gasteiger partial charge in [0, 0.05) is 23.4 Å². The fraction of sp³-hybridized carbons (Fsp3) is 0.273. The van der Waals surface area contributed by atoms with Crippen LogP contribution in [0.5, 0.6) is 0 Å². The lowest BCUT2D eigenvalue weighted by atomic mass is 10.0. The van der Waals surface area contributed by atoms with Gasteiger partial charge in [0.1, 0.15) is 12.4 Å². The smallest absolute Gasteiger partial charge is 0.228 e. The van der Waals surface area contributed by atoms with E-state index in [1.807, 2.05) is 25.1 Å². The topological polar surface area (TPSA) is 148 Å². The highest BCUT2D eigenvalue weighted by molar-refractivity contribution is 5.93. The van der Waals surface area contributed by atoms with Gasteiger partial charge in [-0.1, -0.05) is 6.58 Å². The van der Waals surface area contributed by atoms with Gasteiger partial charge >= 0.3 is 0 Å². The summed E-state index contributed by atoms with van der Waals surface area (Å²) < 4.78 is 1.61. The van der Waals surface area contributed by atoms with Crippen molar-refractivity contribution in [2.24, 2.45) is 5.92 Å². The molecule has 0 bridgehead atoms. The van der Waals surface area contributed by atoms with Crippen molar-refractivity contribution in [2.45, 2.75) is 32.3 Å². The number of nitrogens with one attached hydrogen (secondary N) is 3. The van der Waals surface area contributed by atoms with Gasteiger partial charge in [0.05, 0.1) is 17.8 Å². The predicted octanol–water partition coefficient (Wildman–Crippen LogP) is 2.20. The minimum atomic E-state index is -0.359. The van der Waals surface area contributed by atoms with Crippen LogP contribution >= 0.6 is 0 Å². The molecule has 0 saturated heterocycles. The molecule has 3 aromatic heterocycles. The number of aliphatic hydroxyl groups is 1. The normalized spacial score (nSPS) is 16.7. The van der Waals surface area contributed by atoms with Crippen molar-refractivity contribution in [3.63, 3.8) is 0 Å². The Morgan fingerprint density at radius 3 is 2.91 bits per heavy atom. The van der Waals surface area contributed by atoms with Gasteiger partial charge in [-0.15, -0.1) is 0 Å². The van der Waals surface area contributed by atoms with Gasteiger partial charge in [0.15, 0.2) is 23.1 Å². The third-order valence-corrected chi connectivity index (χ3v) is 5.63. The SMILES string of the molecule is C=C1C=CC(c2n[nH]c(CO)n2)=CN1C(=N)C(C)c1ccc2nc(NC(=O)C3CC3)cn2n1. The van der Waals surface area contributed by atoms with E-state index in [0.29, 0.717) is 40.1 Å². The number of hydrogen-bond donors (Lipinski definition) is 4. The van der Waals surface area contributed by atoms with Crippen LogP contribution < -0.4 is 5.32 Å². The molecule has 4 heterocycles. The molecular weight excluding hydrogens is 422 g/mol. The van der Waals surface area contributed by atoms with Crippen LogP contribution in [-0.2, 0) is 11.4 Å². The van der Waals surface area contributed by atoms with Crippen LogP contribution in [-0.4, -0.2) is 51.5 Å². The number of amidine groups is 1. The zero-order valence-corrected chi connectivity index (χ0v) is 18.0.